The highest BCUT2D eigenvalue weighted by molar-refractivity contribution is 7.00. The van der Waals surface area contributed by atoms with Gasteiger partial charge in [-0.2, -0.15) is 0 Å². The van der Waals surface area contributed by atoms with Gasteiger partial charge in [0.05, 0.1) is 11.4 Å². The summed E-state index contributed by atoms with van der Waals surface area (Å²) in [5.41, 5.74) is 12.7. The highest BCUT2D eigenvalue weighted by atomic mass is 16.5. The summed E-state index contributed by atoms with van der Waals surface area (Å²) in [6.45, 7) is 0.0912. The van der Waals surface area contributed by atoms with E-state index in [-0.39, 0.29) is 6.71 Å². The van der Waals surface area contributed by atoms with E-state index in [1.165, 1.54) is 33.5 Å². The van der Waals surface area contributed by atoms with Crippen LogP contribution in [0.1, 0.15) is 0 Å². The number of hydrogen-bond donors (Lipinski definition) is 0. The molecule has 200 valence electrons. The summed E-state index contributed by atoms with van der Waals surface area (Å²) in [4.78, 5) is 4.81. The first-order valence-corrected chi connectivity index (χ1v) is 14.6. The third-order valence-corrected chi connectivity index (χ3v) is 9.05. The molecule has 1 aromatic heterocycles. The number of rotatable bonds is 2. The Kier molecular flexibility index (Phi) is 4.50. The van der Waals surface area contributed by atoms with E-state index in [4.69, 9.17) is 9.15 Å². The van der Waals surface area contributed by atoms with E-state index in [2.05, 4.69) is 125 Å². The van der Waals surface area contributed by atoms with Crippen molar-refractivity contribution in [3.8, 4) is 22.8 Å². The summed E-state index contributed by atoms with van der Waals surface area (Å²) in [5, 5.41) is 1.11. The van der Waals surface area contributed by atoms with Crippen molar-refractivity contribution in [3.63, 3.8) is 0 Å². The van der Waals surface area contributed by atoms with Crippen molar-refractivity contribution in [2.24, 2.45) is 0 Å². The van der Waals surface area contributed by atoms with Crippen molar-refractivity contribution in [3.05, 3.63) is 140 Å². The first-order valence-electron chi connectivity index (χ1n) is 14.6. The fourth-order valence-corrected chi connectivity index (χ4v) is 7.26. The van der Waals surface area contributed by atoms with Gasteiger partial charge >= 0.3 is 0 Å². The number of nitrogens with zero attached hydrogens (tertiary/aromatic N) is 2. The van der Waals surface area contributed by atoms with Crippen molar-refractivity contribution >= 4 is 68.2 Å². The summed E-state index contributed by atoms with van der Waals surface area (Å²) in [6.07, 6.45) is 0. The molecule has 7 aromatic rings. The van der Waals surface area contributed by atoms with E-state index < -0.39 is 0 Å². The molecule has 0 atom stereocenters. The minimum Gasteiger partial charge on any atom is -0.456 e. The van der Waals surface area contributed by atoms with Gasteiger partial charge in [0.15, 0.2) is 11.5 Å². The Labute approximate surface area is 249 Å². The molecule has 0 unspecified atom stereocenters. The Hall–Kier alpha value is -5.68. The lowest BCUT2D eigenvalue weighted by molar-refractivity contribution is 0.477. The average molecular weight is 550 g/mol. The Morgan fingerprint density at radius 3 is 2.07 bits per heavy atom. The van der Waals surface area contributed by atoms with Gasteiger partial charge in [-0.1, -0.05) is 66.7 Å². The predicted molar refractivity (Wildman–Crippen MR) is 176 cm³/mol. The molecule has 5 heteroatoms. The Balaban J connectivity index is 1.18. The van der Waals surface area contributed by atoms with Crippen molar-refractivity contribution in [2.75, 3.05) is 9.80 Å². The van der Waals surface area contributed by atoms with E-state index in [9.17, 15) is 0 Å². The van der Waals surface area contributed by atoms with Gasteiger partial charge in [0.2, 0.25) is 0 Å². The van der Waals surface area contributed by atoms with Gasteiger partial charge in [-0.15, -0.1) is 0 Å². The van der Waals surface area contributed by atoms with Crippen LogP contribution >= 0.6 is 0 Å². The quantitative estimate of drug-likeness (QED) is 0.203. The molecule has 4 heterocycles. The second-order valence-electron chi connectivity index (χ2n) is 11.3. The van der Waals surface area contributed by atoms with Gasteiger partial charge in [-0.25, -0.2) is 0 Å². The van der Waals surface area contributed by atoms with Crippen LogP contribution in [0.3, 0.4) is 0 Å². The molecule has 43 heavy (non-hydrogen) atoms. The molecule has 0 amide bonds. The molecule has 3 aliphatic rings. The highest BCUT2D eigenvalue weighted by Gasteiger charge is 2.45. The van der Waals surface area contributed by atoms with Gasteiger partial charge < -0.3 is 19.0 Å². The number of hydrogen-bond acceptors (Lipinski definition) is 4. The van der Waals surface area contributed by atoms with Crippen LogP contribution in [0.2, 0.25) is 0 Å². The average Bonchev–Trinajstić information content (AvgIpc) is 3.50. The Morgan fingerprint density at radius 2 is 1.19 bits per heavy atom. The van der Waals surface area contributed by atoms with Crippen molar-refractivity contribution in [2.45, 2.75) is 0 Å². The maximum absolute atomic E-state index is 6.47. The molecule has 6 aromatic carbocycles. The van der Waals surface area contributed by atoms with E-state index in [0.29, 0.717) is 0 Å². The van der Waals surface area contributed by atoms with Crippen LogP contribution in [0.15, 0.2) is 144 Å². The van der Waals surface area contributed by atoms with Gasteiger partial charge in [-0.3, -0.25) is 0 Å². The second kappa shape index (κ2) is 8.43. The number of ether oxygens (including phenoxy) is 1. The molecule has 0 N–H and O–H groups in total. The monoisotopic (exact) mass is 550 g/mol. The van der Waals surface area contributed by atoms with Gasteiger partial charge in [0.1, 0.15) is 11.3 Å². The van der Waals surface area contributed by atoms with Crippen LogP contribution in [0, 0.1) is 0 Å². The van der Waals surface area contributed by atoms with Gasteiger partial charge in [0.25, 0.3) is 6.71 Å². The summed E-state index contributed by atoms with van der Waals surface area (Å²) < 4.78 is 12.6. The standard InChI is InChI=1S/C38H23BN2O2/c1-5-16-33-25(9-1)23-36(42-33)24-19-21-26(22-20-24)40-29-12-3-2-10-27(29)39-28-11-7-18-35-38(28)41(30-13-4-6-17-34(30)43-35)32-15-8-14-31(40)37(32)39/h1-23H. The van der Waals surface area contributed by atoms with Crippen LogP contribution in [-0.4, -0.2) is 6.71 Å². The number of fused-ring (bicyclic) bond motifs is 7. The fraction of sp³-hybridized carbons (Fsp3) is 0. The molecule has 0 fully saturated rings. The lowest BCUT2D eigenvalue weighted by Gasteiger charge is -2.45. The topological polar surface area (TPSA) is 28.9 Å². The maximum atomic E-state index is 6.47. The predicted octanol–water partition coefficient (Wildman–Crippen LogP) is 8.29. The number of furan rings is 1. The zero-order chi connectivity index (χ0) is 28.1. The first-order chi connectivity index (χ1) is 21.3. The summed E-state index contributed by atoms with van der Waals surface area (Å²) in [7, 11) is 0. The van der Waals surface area contributed by atoms with Crippen molar-refractivity contribution < 1.29 is 9.15 Å². The third kappa shape index (κ3) is 3.11. The molecular weight excluding hydrogens is 527 g/mol. The number of anilines is 6. The Morgan fingerprint density at radius 1 is 0.512 bits per heavy atom. The first kappa shape index (κ1) is 22.9. The Bertz CT molecular complexity index is 2220. The largest absolute Gasteiger partial charge is 0.456 e. The van der Waals surface area contributed by atoms with Crippen LogP contribution in [0.25, 0.3) is 22.3 Å². The molecule has 0 saturated carbocycles. The molecule has 0 aliphatic carbocycles. The third-order valence-electron chi connectivity index (χ3n) is 9.05. The smallest absolute Gasteiger partial charge is 0.252 e. The maximum Gasteiger partial charge on any atom is 0.252 e. The van der Waals surface area contributed by atoms with E-state index in [1.54, 1.807) is 0 Å². The lowest BCUT2D eigenvalue weighted by Crippen LogP contribution is -2.61. The second-order valence-corrected chi connectivity index (χ2v) is 11.3. The minimum absolute atomic E-state index is 0.0912. The molecule has 0 saturated heterocycles. The number of para-hydroxylation sites is 5. The van der Waals surface area contributed by atoms with E-state index in [1.807, 2.05) is 24.3 Å². The fourth-order valence-electron chi connectivity index (χ4n) is 7.26. The molecule has 0 spiro atoms. The van der Waals surface area contributed by atoms with Crippen molar-refractivity contribution in [1.29, 1.82) is 0 Å². The summed E-state index contributed by atoms with van der Waals surface area (Å²) in [5.74, 6) is 2.65. The molecule has 4 nitrogen and oxygen atoms in total. The van der Waals surface area contributed by atoms with Crippen LogP contribution < -0.4 is 30.9 Å². The minimum atomic E-state index is 0.0912. The van der Waals surface area contributed by atoms with Gasteiger partial charge in [-0.05, 0) is 89.2 Å². The molecule has 0 radical (unpaired) electrons. The molecule has 10 rings (SSSR count). The molecular formula is C38H23BN2O2. The zero-order valence-electron chi connectivity index (χ0n) is 23.1. The van der Waals surface area contributed by atoms with E-state index in [0.717, 1.165) is 50.9 Å². The lowest BCUT2D eigenvalue weighted by atomic mass is 9.33. The molecule has 3 aliphatic heterocycles. The number of benzene rings is 6. The SMILES string of the molecule is c1ccc2c(c1)Oc1cccc3c1N2c1cccc2c1B3c1ccccc1N2c1ccc(-c2cc3ccccc3o2)cc1. The normalized spacial score (nSPS) is 13.6. The van der Waals surface area contributed by atoms with Crippen LogP contribution in [-0.2, 0) is 0 Å². The van der Waals surface area contributed by atoms with Crippen LogP contribution in [0.5, 0.6) is 11.5 Å². The van der Waals surface area contributed by atoms with Crippen molar-refractivity contribution in [1.82, 2.24) is 0 Å². The van der Waals surface area contributed by atoms with E-state index >= 15 is 0 Å². The zero-order valence-corrected chi connectivity index (χ0v) is 23.1. The molecule has 0 bridgehead atoms. The van der Waals surface area contributed by atoms with Crippen LogP contribution in [0.4, 0.5) is 34.1 Å². The summed E-state index contributed by atoms with van der Waals surface area (Å²) in [6, 6.07) is 49.3. The van der Waals surface area contributed by atoms with Gasteiger partial charge in [0, 0.05) is 33.7 Å². The highest BCUT2D eigenvalue weighted by Crippen LogP contribution is 2.52. The summed E-state index contributed by atoms with van der Waals surface area (Å²) >= 11 is 0.